The van der Waals surface area contributed by atoms with Crippen LogP contribution in [0.1, 0.15) is 101 Å². The Morgan fingerprint density at radius 2 is 0.866 bits per heavy atom. The largest absolute Gasteiger partial charge is 0.365 e. The van der Waals surface area contributed by atoms with Crippen molar-refractivity contribution in [3.05, 3.63) is 192 Å². The number of nitrogens with zero attached hydrogens (tertiary/aromatic N) is 4. The average molecular weight is 1050 g/mol. The number of rotatable bonds is 6. The molecule has 6 heteroatoms. The fraction of sp³-hybridized carbons (Fsp3) is 0.197. The molecule has 5 heterocycles. The predicted molar refractivity (Wildman–Crippen MR) is 279 cm³/mol. The van der Waals surface area contributed by atoms with E-state index in [1.807, 2.05) is 0 Å². The molecule has 0 saturated heterocycles. The molecule has 11 aromatic rings. The third-order valence-electron chi connectivity index (χ3n) is 14.5. The summed E-state index contributed by atoms with van der Waals surface area (Å²) in [6.45, 7) is 18.5. The van der Waals surface area contributed by atoms with Crippen LogP contribution in [0.5, 0.6) is 0 Å². The molecule has 4 nitrogen and oxygen atoms in total. The van der Waals surface area contributed by atoms with Gasteiger partial charge in [-0.3, -0.25) is 9.13 Å². The van der Waals surface area contributed by atoms with Crippen molar-refractivity contribution in [2.75, 3.05) is 0 Å². The summed E-state index contributed by atoms with van der Waals surface area (Å²) >= 11 is 0. The molecule has 0 aliphatic carbocycles. The van der Waals surface area contributed by atoms with E-state index < -0.39 is 0 Å². The summed E-state index contributed by atoms with van der Waals surface area (Å²) in [5.41, 5.74) is 22.3. The van der Waals surface area contributed by atoms with E-state index in [2.05, 4.69) is 244 Å². The van der Waals surface area contributed by atoms with Crippen LogP contribution >= 0.6 is 0 Å². The quantitative estimate of drug-likeness (QED) is 0.0898. The fourth-order valence-corrected chi connectivity index (χ4v) is 11.6. The van der Waals surface area contributed by atoms with Gasteiger partial charge in [-0.2, -0.15) is 18.2 Å². The van der Waals surface area contributed by atoms with Gasteiger partial charge in [0, 0.05) is 66.0 Å². The van der Waals surface area contributed by atoms with Gasteiger partial charge >= 0.3 is 0 Å². The topological polar surface area (TPSA) is 18.7 Å². The van der Waals surface area contributed by atoms with E-state index in [1.54, 1.807) is 0 Å². The molecule has 2 aliphatic rings. The summed E-state index contributed by atoms with van der Waals surface area (Å²) in [5.74, 6) is 1.71. The number of imidazole rings is 1. The standard InChI is InChI=1S/C31H38N2.C30H16BN2.Au/c1-20(2)24-13-11-14-25(21(3)4)30(24)32-19-33(29-18-10-9-17-28(29)32)31-26(22(5)6)15-12-16-27(31)23(7)8;1-3-14-24-18(8-1)20-10-5-12-22-29(20)32(24)26-16-7-17-27-28(26)31(22)23-13-6-11-21-19-9-2-4-15-25(19)33(27)30(21)23;/h9-18,20-23H,1-8H3;1-6,8-17H;/q;-1;. The normalized spacial score (nSPS) is 12.6. The van der Waals surface area contributed by atoms with Crippen LogP contribution in [0.25, 0.3) is 77.4 Å². The van der Waals surface area contributed by atoms with Gasteiger partial charge in [-0.1, -0.05) is 200 Å². The van der Waals surface area contributed by atoms with Gasteiger partial charge in [-0.15, -0.1) is 5.46 Å². The van der Waals surface area contributed by atoms with Crippen LogP contribution in [-0.2, 0) is 22.4 Å². The minimum atomic E-state index is 0. The first-order valence-electron chi connectivity index (χ1n) is 23.9. The Morgan fingerprint density at radius 1 is 0.448 bits per heavy atom. The van der Waals surface area contributed by atoms with Crippen molar-refractivity contribution in [3.63, 3.8) is 0 Å². The van der Waals surface area contributed by atoms with E-state index in [-0.39, 0.29) is 29.1 Å². The second-order valence-electron chi connectivity index (χ2n) is 19.7. The number of para-hydroxylation sites is 8. The smallest absolute Gasteiger partial charge is 0.269 e. The number of aromatic nitrogens is 4. The van der Waals surface area contributed by atoms with E-state index in [9.17, 15) is 0 Å². The van der Waals surface area contributed by atoms with Crippen LogP contribution in [-0.4, -0.2) is 20.4 Å². The van der Waals surface area contributed by atoms with Crippen LogP contribution in [0.15, 0.2) is 158 Å². The Hall–Kier alpha value is -6.36. The maximum atomic E-state index is 3.84. The first-order chi connectivity index (χ1) is 32.1. The van der Waals surface area contributed by atoms with Crippen molar-refractivity contribution in [1.29, 1.82) is 0 Å². The van der Waals surface area contributed by atoms with E-state index in [4.69, 9.17) is 0 Å². The maximum Gasteiger partial charge on any atom is 0.269 e. The Bertz CT molecular complexity index is 3460. The summed E-state index contributed by atoms with van der Waals surface area (Å²) in [5, 5.41) is 5.29. The van der Waals surface area contributed by atoms with Crippen LogP contribution in [0.4, 0.5) is 0 Å². The molecule has 0 bridgehead atoms. The first-order valence-corrected chi connectivity index (χ1v) is 23.9. The van der Waals surface area contributed by atoms with E-state index >= 15 is 0 Å². The molecule has 0 fully saturated rings. The molecule has 2 aliphatic heterocycles. The van der Waals surface area contributed by atoms with Gasteiger partial charge < -0.3 is 9.13 Å². The van der Waals surface area contributed by atoms with Crippen LogP contribution in [0, 0.1) is 12.4 Å². The Balaban J connectivity index is 0.000000145. The third-order valence-corrected chi connectivity index (χ3v) is 14.5. The van der Waals surface area contributed by atoms with Crippen molar-refractivity contribution in [2.24, 2.45) is 0 Å². The summed E-state index contributed by atoms with van der Waals surface area (Å²) in [6, 6.07) is 61.4. The second kappa shape index (κ2) is 16.5. The zero-order valence-electron chi connectivity index (χ0n) is 39.5. The van der Waals surface area contributed by atoms with Crippen LogP contribution in [0.2, 0.25) is 0 Å². The first kappa shape index (κ1) is 43.2. The monoisotopic (exact) mass is 1050 g/mol. The molecule has 0 atom stereocenters. The number of hydrogen-bond donors (Lipinski definition) is 0. The van der Waals surface area contributed by atoms with Crippen molar-refractivity contribution >= 4 is 77.7 Å². The molecule has 333 valence electrons. The molecule has 0 spiro atoms. The van der Waals surface area contributed by atoms with Crippen molar-refractivity contribution in [2.45, 2.75) is 79.1 Å². The summed E-state index contributed by atoms with van der Waals surface area (Å²) in [4.78, 5) is 0. The van der Waals surface area contributed by atoms with Gasteiger partial charge in [0.25, 0.3) is 6.33 Å². The van der Waals surface area contributed by atoms with Crippen molar-refractivity contribution in [3.8, 4) is 22.7 Å². The number of hydrogen-bond acceptors (Lipinski definition) is 0. The molecule has 8 aromatic carbocycles. The van der Waals surface area contributed by atoms with Crippen LogP contribution < -0.4 is 21.0 Å². The average Bonchev–Trinajstić information content (AvgIpc) is 4.00. The molecule has 1 radical (unpaired) electrons. The minimum absolute atomic E-state index is 0. The fourth-order valence-electron chi connectivity index (χ4n) is 11.6. The minimum Gasteiger partial charge on any atom is -0.365 e. The SMILES string of the molecule is CC(C)c1cccc(C(C)C)c1-n1[c-][n+](-c2c(C(C)C)cccc2C(C)C)c2ccccc21.[Au].[c-]1cc2c3c(c1)-n1c4ccccc4c4cccc(c41)B3c1cccc3c4ccccc4n-2c13. The predicted octanol–water partition coefficient (Wildman–Crippen LogP) is 13.0. The van der Waals surface area contributed by atoms with E-state index in [1.165, 1.54) is 116 Å². The van der Waals surface area contributed by atoms with Gasteiger partial charge in [0.05, 0.1) is 22.4 Å². The molecule has 13 rings (SSSR count). The van der Waals surface area contributed by atoms with Crippen LogP contribution in [0.3, 0.4) is 0 Å². The zero-order valence-corrected chi connectivity index (χ0v) is 41.7. The number of benzene rings is 8. The Labute approximate surface area is 410 Å². The molecule has 0 saturated carbocycles. The molecular formula is C61H54AuBN4-. The molecule has 67 heavy (non-hydrogen) atoms. The molecule has 0 amide bonds. The summed E-state index contributed by atoms with van der Waals surface area (Å²) < 4.78 is 9.59. The Morgan fingerprint density at radius 3 is 1.36 bits per heavy atom. The second-order valence-corrected chi connectivity index (χ2v) is 19.7. The van der Waals surface area contributed by atoms with Crippen molar-refractivity contribution < 1.29 is 26.9 Å². The van der Waals surface area contributed by atoms with Gasteiger partial charge in [-0.05, 0) is 69.0 Å². The molecule has 0 unspecified atom stereocenters. The summed E-state index contributed by atoms with van der Waals surface area (Å²) in [7, 11) is 0. The van der Waals surface area contributed by atoms with E-state index in [0.29, 0.717) is 23.7 Å². The zero-order chi connectivity index (χ0) is 45.1. The third kappa shape index (κ3) is 6.35. The van der Waals surface area contributed by atoms with Crippen molar-refractivity contribution in [1.82, 2.24) is 13.7 Å². The maximum absolute atomic E-state index is 3.84. The molecule has 3 aromatic heterocycles. The van der Waals surface area contributed by atoms with Gasteiger partial charge in [0.15, 0.2) is 0 Å². The van der Waals surface area contributed by atoms with Gasteiger partial charge in [-0.25, -0.2) is 0 Å². The molecule has 0 N–H and O–H groups in total. The Kier molecular flexibility index (Phi) is 10.6. The van der Waals surface area contributed by atoms with E-state index in [0.717, 1.165) is 0 Å². The summed E-state index contributed by atoms with van der Waals surface area (Å²) in [6.07, 6.45) is 3.84. The van der Waals surface area contributed by atoms with Gasteiger partial charge in [0.1, 0.15) is 0 Å². The van der Waals surface area contributed by atoms with Gasteiger partial charge in [0.2, 0.25) is 6.71 Å². The number of fused-ring (bicyclic) bond motifs is 11. The molecular weight excluding hydrogens is 996 g/mol.